The van der Waals surface area contributed by atoms with Crippen LogP contribution in [0.4, 0.5) is 5.69 Å². The molecule has 0 aromatic heterocycles. The van der Waals surface area contributed by atoms with Crippen molar-refractivity contribution in [2.75, 3.05) is 25.0 Å². The Bertz CT molecular complexity index is 967. The number of carbonyl (C=O) groups is 1. The number of nitrogens with one attached hydrogen (secondary N) is 1. The van der Waals surface area contributed by atoms with E-state index >= 15 is 0 Å². The molecular formula is C22H30N2O4S. The maximum atomic E-state index is 12.7. The molecule has 0 atom stereocenters. The van der Waals surface area contributed by atoms with E-state index in [2.05, 4.69) is 5.32 Å². The molecule has 0 unspecified atom stereocenters. The number of hydrogen-bond acceptors (Lipinski definition) is 4. The van der Waals surface area contributed by atoms with Gasteiger partial charge in [0.15, 0.2) is 0 Å². The van der Waals surface area contributed by atoms with Gasteiger partial charge in [-0.2, -0.15) is 4.31 Å². The van der Waals surface area contributed by atoms with Gasteiger partial charge < -0.3 is 10.1 Å². The van der Waals surface area contributed by atoms with Gasteiger partial charge in [-0.05, 0) is 55.7 Å². The van der Waals surface area contributed by atoms with E-state index in [0.29, 0.717) is 18.8 Å². The van der Waals surface area contributed by atoms with E-state index in [-0.39, 0.29) is 23.8 Å². The fourth-order valence-electron chi connectivity index (χ4n) is 2.94. The number of rotatable bonds is 9. The van der Waals surface area contributed by atoms with Gasteiger partial charge >= 0.3 is 0 Å². The number of benzene rings is 2. The van der Waals surface area contributed by atoms with Gasteiger partial charge in [0, 0.05) is 18.8 Å². The van der Waals surface area contributed by atoms with Crippen LogP contribution in [0.1, 0.15) is 37.0 Å². The Kier molecular flexibility index (Phi) is 7.81. The van der Waals surface area contributed by atoms with Crippen molar-refractivity contribution in [3.05, 3.63) is 53.1 Å². The Balaban J connectivity index is 2.05. The zero-order chi connectivity index (χ0) is 21.6. The molecule has 158 valence electrons. The van der Waals surface area contributed by atoms with Crippen molar-refractivity contribution in [1.82, 2.24) is 4.31 Å². The Morgan fingerprint density at radius 1 is 1.00 bits per heavy atom. The van der Waals surface area contributed by atoms with Gasteiger partial charge in [-0.3, -0.25) is 4.79 Å². The Morgan fingerprint density at radius 2 is 1.66 bits per heavy atom. The lowest BCUT2D eigenvalue weighted by Crippen LogP contribution is -2.30. The van der Waals surface area contributed by atoms with Crippen LogP contribution < -0.4 is 10.1 Å². The summed E-state index contributed by atoms with van der Waals surface area (Å²) in [6.45, 7) is 10.4. The quantitative estimate of drug-likeness (QED) is 0.667. The number of nitrogens with zero attached hydrogens (tertiary/aromatic N) is 1. The second-order valence-corrected chi connectivity index (χ2v) is 8.92. The molecule has 0 bridgehead atoms. The van der Waals surface area contributed by atoms with Crippen molar-refractivity contribution < 1.29 is 17.9 Å². The molecular weight excluding hydrogens is 388 g/mol. The third-order valence-electron chi connectivity index (χ3n) is 4.76. The van der Waals surface area contributed by atoms with Crippen LogP contribution >= 0.6 is 0 Å². The van der Waals surface area contributed by atoms with E-state index in [9.17, 15) is 13.2 Å². The van der Waals surface area contributed by atoms with E-state index in [4.69, 9.17) is 4.74 Å². The van der Waals surface area contributed by atoms with E-state index in [0.717, 1.165) is 22.4 Å². The lowest BCUT2D eigenvalue weighted by molar-refractivity contribution is -0.116. The highest BCUT2D eigenvalue weighted by Gasteiger charge is 2.22. The standard InChI is InChI=1S/C22H30N2O4S/c1-6-24(7-2)29(26,27)19-11-10-17(4)20(15-19)23-22(25)12-13-28-21-14-16(3)8-9-18(21)5/h8-11,14-15H,6-7,12-13H2,1-5H3,(H,23,25). The number of amides is 1. The smallest absolute Gasteiger partial charge is 0.243 e. The van der Waals surface area contributed by atoms with Gasteiger partial charge in [0.2, 0.25) is 15.9 Å². The first-order valence-electron chi connectivity index (χ1n) is 9.79. The molecule has 2 aromatic rings. The number of aryl methyl sites for hydroxylation is 3. The van der Waals surface area contributed by atoms with Crippen LogP contribution in [-0.2, 0) is 14.8 Å². The van der Waals surface area contributed by atoms with Crippen molar-refractivity contribution in [3.8, 4) is 5.75 Å². The highest BCUT2D eigenvalue weighted by Crippen LogP contribution is 2.23. The van der Waals surface area contributed by atoms with Crippen molar-refractivity contribution in [2.45, 2.75) is 45.9 Å². The molecule has 6 nitrogen and oxygen atoms in total. The van der Waals surface area contributed by atoms with E-state index < -0.39 is 10.0 Å². The molecule has 1 amide bonds. The number of sulfonamides is 1. The summed E-state index contributed by atoms with van der Waals surface area (Å²) >= 11 is 0. The molecule has 2 rings (SSSR count). The predicted molar refractivity (Wildman–Crippen MR) is 116 cm³/mol. The van der Waals surface area contributed by atoms with Gasteiger partial charge in [0.05, 0.1) is 17.9 Å². The summed E-state index contributed by atoms with van der Waals surface area (Å²) in [5, 5.41) is 2.81. The molecule has 0 saturated heterocycles. The minimum absolute atomic E-state index is 0.167. The van der Waals surface area contributed by atoms with Gasteiger partial charge in [-0.15, -0.1) is 0 Å². The Morgan fingerprint density at radius 3 is 2.31 bits per heavy atom. The number of ether oxygens (including phenoxy) is 1. The van der Waals surface area contributed by atoms with Crippen molar-refractivity contribution >= 4 is 21.6 Å². The summed E-state index contributed by atoms with van der Waals surface area (Å²) in [7, 11) is -3.58. The molecule has 7 heteroatoms. The van der Waals surface area contributed by atoms with E-state index in [1.807, 2.05) is 39.0 Å². The average Bonchev–Trinajstić information content (AvgIpc) is 2.67. The number of carbonyl (C=O) groups excluding carboxylic acids is 1. The molecule has 0 aliphatic rings. The largest absolute Gasteiger partial charge is 0.493 e. The SMILES string of the molecule is CCN(CC)S(=O)(=O)c1ccc(C)c(NC(=O)CCOc2cc(C)ccc2C)c1. The molecule has 1 N–H and O–H groups in total. The van der Waals surface area contributed by atoms with Gasteiger partial charge in [-0.1, -0.05) is 32.0 Å². The van der Waals surface area contributed by atoms with Crippen molar-refractivity contribution in [1.29, 1.82) is 0 Å². The number of anilines is 1. The minimum Gasteiger partial charge on any atom is -0.493 e. The van der Waals surface area contributed by atoms with Crippen molar-refractivity contribution in [3.63, 3.8) is 0 Å². The normalized spacial score (nSPS) is 11.5. The van der Waals surface area contributed by atoms with Crippen LogP contribution in [0.25, 0.3) is 0 Å². The summed E-state index contributed by atoms with van der Waals surface area (Å²) < 4.78 is 32.6. The molecule has 0 radical (unpaired) electrons. The zero-order valence-electron chi connectivity index (χ0n) is 17.8. The average molecular weight is 419 g/mol. The summed E-state index contributed by atoms with van der Waals surface area (Å²) in [6, 6.07) is 10.7. The summed E-state index contributed by atoms with van der Waals surface area (Å²) in [6.07, 6.45) is 0.167. The summed E-state index contributed by atoms with van der Waals surface area (Å²) in [5.41, 5.74) is 3.40. The number of hydrogen-bond donors (Lipinski definition) is 1. The maximum Gasteiger partial charge on any atom is 0.243 e. The summed E-state index contributed by atoms with van der Waals surface area (Å²) in [5.74, 6) is 0.539. The lowest BCUT2D eigenvalue weighted by atomic mass is 10.1. The lowest BCUT2D eigenvalue weighted by Gasteiger charge is -2.19. The molecule has 0 aliphatic heterocycles. The molecule has 0 spiro atoms. The first-order chi connectivity index (χ1) is 13.7. The third-order valence-corrected chi connectivity index (χ3v) is 6.80. The predicted octanol–water partition coefficient (Wildman–Crippen LogP) is 4.05. The van der Waals surface area contributed by atoms with E-state index in [1.165, 1.54) is 10.4 Å². The molecule has 0 aliphatic carbocycles. The highest BCUT2D eigenvalue weighted by molar-refractivity contribution is 7.89. The fourth-order valence-corrected chi connectivity index (χ4v) is 4.42. The monoisotopic (exact) mass is 418 g/mol. The molecule has 0 heterocycles. The van der Waals surface area contributed by atoms with Gasteiger partial charge in [0.1, 0.15) is 5.75 Å². The van der Waals surface area contributed by atoms with Crippen molar-refractivity contribution in [2.24, 2.45) is 0 Å². The van der Waals surface area contributed by atoms with E-state index in [1.54, 1.807) is 26.0 Å². The van der Waals surface area contributed by atoms with Crippen LogP contribution in [0, 0.1) is 20.8 Å². The van der Waals surface area contributed by atoms with Gasteiger partial charge in [0.25, 0.3) is 0 Å². The molecule has 29 heavy (non-hydrogen) atoms. The minimum atomic E-state index is -3.58. The first kappa shape index (κ1) is 22.9. The summed E-state index contributed by atoms with van der Waals surface area (Å²) in [4.78, 5) is 12.5. The molecule has 2 aromatic carbocycles. The molecule has 0 saturated carbocycles. The van der Waals surface area contributed by atoms with Crippen LogP contribution in [-0.4, -0.2) is 38.3 Å². The van der Waals surface area contributed by atoms with Crippen LogP contribution in [0.5, 0.6) is 5.75 Å². The second-order valence-electron chi connectivity index (χ2n) is 6.98. The van der Waals surface area contributed by atoms with Crippen LogP contribution in [0.3, 0.4) is 0 Å². The second kappa shape index (κ2) is 9.89. The topological polar surface area (TPSA) is 75.7 Å². The molecule has 0 fully saturated rings. The van der Waals surface area contributed by atoms with Crippen LogP contribution in [0.15, 0.2) is 41.3 Å². The Hall–Kier alpha value is -2.38. The highest BCUT2D eigenvalue weighted by atomic mass is 32.2. The van der Waals surface area contributed by atoms with Crippen LogP contribution in [0.2, 0.25) is 0 Å². The Labute approximate surface area is 173 Å². The maximum absolute atomic E-state index is 12.7. The third kappa shape index (κ3) is 5.81. The fraction of sp³-hybridized carbons (Fsp3) is 0.409. The zero-order valence-corrected chi connectivity index (χ0v) is 18.6. The van der Waals surface area contributed by atoms with Gasteiger partial charge in [-0.25, -0.2) is 8.42 Å². The first-order valence-corrected chi connectivity index (χ1v) is 11.2.